The van der Waals surface area contributed by atoms with Crippen LogP contribution in [-0.2, 0) is 9.57 Å². The third kappa shape index (κ3) is 5.23. The van der Waals surface area contributed by atoms with Crippen LogP contribution in [0.15, 0.2) is 0 Å². The van der Waals surface area contributed by atoms with Crippen LogP contribution in [0, 0.1) is 5.53 Å². The van der Waals surface area contributed by atoms with Crippen LogP contribution >= 0.6 is 0 Å². The minimum Gasteiger partial charge on any atom is -0.384 e. The molecule has 0 aliphatic carbocycles. The molecule has 0 saturated heterocycles. The summed E-state index contributed by atoms with van der Waals surface area (Å²) in [5.41, 5.74) is 6.95. The second-order valence-electron chi connectivity index (χ2n) is 1.63. The maximum atomic E-state index is 6.95. The molecule has 0 spiro atoms. The van der Waals surface area contributed by atoms with E-state index in [4.69, 9.17) is 10.3 Å². The Balaban J connectivity index is 2.97. The monoisotopic (exact) mass is 133 g/mol. The summed E-state index contributed by atoms with van der Waals surface area (Å²) in [6.45, 7) is 1.27. The lowest BCUT2D eigenvalue weighted by molar-refractivity contribution is -0.843. The zero-order valence-corrected chi connectivity index (χ0v) is 5.89. The third-order valence-electron chi connectivity index (χ3n) is 0.930. The number of hydrogen-bond acceptors (Lipinski definition) is 3. The molecule has 0 amide bonds. The van der Waals surface area contributed by atoms with Crippen molar-refractivity contribution in [2.75, 3.05) is 27.4 Å². The van der Waals surface area contributed by atoms with Crippen molar-refractivity contribution in [2.24, 2.45) is 0 Å². The Morgan fingerprint density at radius 3 is 2.56 bits per heavy atom. The SMILES string of the molecule is COCCC[N+](=N)OC. The summed E-state index contributed by atoms with van der Waals surface area (Å²) in [5.74, 6) is 0. The summed E-state index contributed by atoms with van der Waals surface area (Å²) in [6.07, 6.45) is 0.827. The molecule has 0 aromatic carbocycles. The fraction of sp³-hybridized carbons (Fsp3) is 1.00. The first-order chi connectivity index (χ1) is 4.31. The van der Waals surface area contributed by atoms with Crippen molar-refractivity contribution < 1.29 is 14.4 Å². The van der Waals surface area contributed by atoms with Gasteiger partial charge < -0.3 is 4.74 Å². The zero-order valence-electron chi connectivity index (χ0n) is 5.89. The minimum absolute atomic E-state index is 0.588. The normalized spacial score (nSPS) is 9.11. The van der Waals surface area contributed by atoms with Gasteiger partial charge in [0.25, 0.3) is 0 Å². The molecule has 0 fully saturated rings. The van der Waals surface area contributed by atoms with E-state index in [1.165, 1.54) is 7.11 Å². The molecule has 0 rings (SSSR count). The molecule has 0 unspecified atom stereocenters. The van der Waals surface area contributed by atoms with E-state index >= 15 is 0 Å². The van der Waals surface area contributed by atoms with E-state index in [2.05, 4.69) is 4.84 Å². The zero-order chi connectivity index (χ0) is 7.11. The van der Waals surface area contributed by atoms with Crippen molar-refractivity contribution in [3.8, 4) is 0 Å². The Labute approximate surface area is 54.8 Å². The summed E-state index contributed by atoms with van der Waals surface area (Å²) in [5, 5.41) is 0. The van der Waals surface area contributed by atoms with E-state index in [9.17, 15) is 0 Å². The second kappa shape index (κ2) is 5.50. The Kier molecular flexibility index (Phi) is 5.11. The molecule has 0 radical (unpaired) electrons. The van der Waals surface area contributed by atoms with Gasteiger partial charge in [0.2, 0.25) is 6.54 Å². The first kappa shape index (κ1) is 8.36. The first-order valence-electron chi connectivity index (χ1n) is 2.83. The molecule has 0 aromatic heterocycles. The molecule has 1 N–H and O–H groups in total. The van der Waals surface area contributed by atoms with Crippen molar-refractivity contribution >= 4 is 0 Å². The molecule has 0 atom stereocenters. The summed E-state index contributed by atoms with van der Waals surface area (Å²) in [6, 6.07) is 0. The molecular weight excluding hydrogens is 120 g/mol. The molecule has 4 heteroatoms. The fourth-order valence-electron chi connectivity index (χ4n) is 0.444. The van der Waals surface area contributed by atoms with E-state index in [1.54, 1.807) is 7.11 Å². The van der Waals surface area contributed by atoms with Crippen LogP contribution in [-0.4, -0.2) is 32.2 Å². The van der Waals surface area contributed by atoms with E-state index in [-0.39, 0.29) is 0 Å². The van der Waals surface area contributed by atoms with Gasteiger partial charge in [-0.2, -0.15) is 0 Å². The highest BCUT2D eigenvalue weighted by atomic mass is 16.7. The number of hydroxylamine groups is 1. The van der Waals surface area contributed by atoms with E-state index in [1.807, 2.05) is 0 Å². The minimum atomic E-state index is 0.588. The molecule has 0 bridgehead atoms. The van der Waals surface area contributed by atoms with Gasteiger partial charge in [-0.15, -0.1) is 0 Å². The summed E-state index contributed by atoms with van der Waals surface area (Å²) < 4.78 is 4.77. The molecule has 54 valence electrons. The van der Waals surface area contributed by atoms with Crippen molar-refractivity contribution in [1.82, 2.24) is 0 Å². The van der Waals surface area contributed by atoms with Gasteiger partial charge in [0.1, 0.15) is 0 Å². The lowest BCUT2D eigenvalue weighted by Gasteiger charge is -1.92. The lowest BCUT2D eigenvalue weighted by Crippen LogP contribution is -2.09. The number of nitrogens with zero attached hydrogens (tertiary/aromatic N) is 1. The molecule has 9 heavy (non-hydrogen) atoms. The van der Waals surface area contributed by atoms with Crippen molar-refractivity contribution in [3.63, 3.8) is 0 Å². The van der Waals surface area contributed by atoms with Crippen molar-refractivity contribution in [2.45, 2.75) is 6.42 Å². The molecule has 0 aromatic rings. The first-order valence-corrected chi connectivity index (χ1v) is 2.83. The highest BCUT2D eigenvalue weighted by Gasteiger charge is 1.99. The molecule has 0 heterocycles. The Bertz CT molecular complexity index is 85.0. The highest BCUT2D eigenvalue weighted by Crippen LogP contribution is 1.81. The lowest BCUT2D eigenvalue weighted by atomic mass is 10.5. The van der Waals surface area contributed by atoms with Crippen LogP contribution < -0.4 is 0 Å². The number of ether oxygens (including phenoxy) is 1. The third-order valence-corrected chi connectivity index (χ3v) is 0.930. The van der Waals surface area contributed by atoms with Crippen LogP contribution in [0.3, 0.4) is 0 Å². The smallest absolute Gasteiger partial charge is 0.224 e. The maximum Gasteiger partial charge on any atom is 0.224 e. The highest BCUT2D eigenvalue weighted by molar-refractivity contribution is 4.25. The van der Waals surface area contributed by atoms with Gasteiger partial charge in [-0.05, 0) is 5.53 Å². The van der Waals surface area contributed by atoms with Crippen LogP contribution in [0.4, 0.5) is 0 Å². The van der Waals surface area contributed by atoms with Gasteiger partial charge in [0.05, 0.1) is 11.5 Å². The Morgan fingerprint density at radius 2 is 2.11 bits per heavy atom. The predicted octanol–water partition coefficient (Wildman–Crippen LogP) is 0.628. The molecule has 4 nitrogen and oxygen atoms in total. The number of rotatable bonds is 5. The van der Waals surface area contributed by atoms with Gasteiger partial charge >= 0.3 is 0 Å². The number of methoxy groups -OCH3 is 1. The van der Waals surface area contributed by atoms with Crippen LogP contribution in [0.2, 0.25) is 0 Å². The van der Waals surface area contributed by atoms with Gasteiger partial charge in [-0.3, -0.25) is 4.84 Å². The Morgan fingerprint density at radius 1 is 1.44 bits per heavy atom. The molecular formula is C5H13N2O2+. The maximum absolute atomic E-state index is 6.95. The molecule has 0 aliphatic rings. The predicted molar refractivity (Wildman–Crippen MR) is 31.3 cm³/mol. The Hall–Kier alpha value is -0.640. The number of nitrogens with one attached hydrogen (secondary N) is 1. The van der Waals surface area contributed by atoms with Crippen LogP contribution in [0.25, 0.3) is 0 Å². The summed E-state index contributed by atoms with van der Waals surface area (Å²) in [7, 11) is 3.11. The number of hydrogen-bond donors (Lipinski definition) is 1. The fourth-order valence-corrected chi connectivity index (χ4v) is 0.444. The summed E-state index contributed by atoms with van der Waals surface area (Å²) in [4.78, 5) is 5.57. The van der Waals surface area contributed by atoms with Gasteiger partial charge in [-0.25, -0.2) is 0 Å². The average molecular weight is 133 g/mol. The largest absolute Gasteiger partial charge is 0.384 e. The average Bonchev–Trinajstić information content (AvgIpc) is 1.89. The van der Waals surface area contributed by atoms with Crippen molar-refractivity contribution in [3.05, 3.63) is 0 Å². The quantitative estimate of drug-likeness (QED) is 0.259. The van der Waals surface area contributed by atoms with Gasteiger partial charge in [0, 0.05) is 13.5 Å². The van der Waals surface area contributed by atoms with E-state index < -0.39 is 0 Å². The van der Waals surface area contributed by atoms with E-state index in [0.29, 0.717) is 13.2 Å². The van der Waals surface area contributed by atoms with Crippen molar-refractivity contribution in [1.29, 1.82) is 5.53 Å². The summed E-state index contributed by atoms with van der Waals surface area (Å²) >= 11 is 0. The van der Waals surface area contributed by atoms with Crippen LogP contribution in [0.1, 0.15) is 6.42 Å². The molecule has 0 saturated carbocycles. The van der Waals surface area contributed by atoms with Crippen LogP contribution in [0.5, 0.6) is 0 Å². The van der Waals surface area contributed by atoms with E-state index in [0.717, 1.165) is 11.3 Å². The standard InChI is InChI=1S/C5H13N2O2/c1-8-5-3-4-7(6)9-2/h6H,3-5H2,1-2H3/q+1. The molecule has 0 aliphatic heterocycles. The second-order valence-corrected chi connectivity index (χ2v) is 1.63. The van der Waals surface area contributed by atoms with Gasteiger partial charge in [0.15, 0.2) is 7.11 Å². The topological polar surface area (TPSA) is 45.3 Å². The van der Waals surface area contributed by atoms with Gasteiger partial charge in [-0.1, -0.05) is 0 Å².